The Bertz CT molecular complexity index is 852. The third kappa shape index (κ3) is 2.18. The molecule has 0 aliphatic heterocycles. The van der Waals surface area contributed by atoms with Crippen molar-refractivity contribution in [3.05, 3.63) is 76.4 Å². The molecule has 2 aliphatic rings. The summed E-state index contributed by atoms with van der Waals surface area (Å²) in [6.07, 6.45) is 6.04. The molecule has 2 aromatic carbocycles. The van der Waals surface area contributed by atoms with Crippen LogP contribution in [0.1, 0.15) is 41.6 Å². The average molecular weight is 317 g/mol. The largest absolute Gasteiger partial charge is 0.0923 e. The van der Waals surface area contributed by atoms with Gasteiger partial charge in [-0.15, -0.1) is 0 Å². The fourth-order valence-corrected chi connectivity index (χ4v) is 8.02. The van der Waals surface area contributed by atoms with Crippen LogP contribution in [-0.4, -0.2) is 8.07 Å². The first-order valence-corrected chi connectivity index (χ1v) is 11.6. The number of benzene rings is 2. The molecule has 1 heteroatoms. The molecule has 0 bridgehead atoms. The molecule has 0 aromatic heterocycles. The van der Waals surface area contributed by atoms with Crippen molar-refractivity contribution >= 4 is 24.9 Å². The van der Waals surface area contributed by atoms with Gasteiger partial charge in [0.15, 0.2) is 0 Å². The van der Waals surface area contributed by atoms with Gasteiger partial charge in [0.2, 0.25) is 0 Å². The minimum atomic E-state index is -1.64. The van der Waals surface area contributed by atoms with E-state index in [9.17, 15) is 0 Å². The lowest BCUT2D eigenvalue weighted by Gasteiger charge is -2.32. The van der Waals surface area contributed by atoms with Crippen LogP contribution >= 0.6 is 0 Å². The summed E-state index contributed by atoms with van der Waals surface area (Å²) in [4.78, 5) is 0. The Morgan fingerprint density at radius 3 is 2.57 bits per heavy atom. The van der Waals surface area contributed by atoms with Crippen molar-refractivity contribution in [1.29, 1.82) is 0 Å². The molecule has 0 spiro atoms. The fraction of sp³-hybridized carbons (Fsp3) is 0.273. The van der Waals surface area contributed by atoms with Gasteiger partial charge in [-0.05, 0) is 48.1 Å². The first kappa shape index (κ1) is 14.7. The van der Waals surface area contributed by atoms with E-state index in [2.05, 4.69) is 81.6 Å². The van der Waals surface area contributed by atoms with Gasteiger partial charge in [-0.3, -0.25) is 0 Å². The van der Waals surface area contributed by atoms with Crippen LogP contribution in [0.4, 0.5) is 0 Å². The van der Waals surface area contributed by atoms with Crippen molar-refractivity contribution in [2.75, 3.05) is 0 Å². The molecule has 116 valence electrons. The van der Waals surface area contributed by atoms with Crippen LogP contribution in [0.3, 0.4) is 0 Å². The molecular formula is C22H24Si. The van der Waals surface area contributed by atoms with Crippen molar-refractivity contribution in [3.8, 4) is 0 Å². The Kier molecular flexibility index (Phi) is 3.24. The summed E-state index contributed by atoms with van der Waals surface area (Å²) >= 11 is 0. The highest BCUT2D eigenvalue weighted by Crippen LogP contribution is 2.41. The molecule has 0 N–H and O–H groups in total. The fourth-order valence-electron chi connectivity index (χ4n) is 4.46. The van der Waals surface area contributed by atoms with Crippen molar-refractivity contribution in [2.45, 2.75) is 38.9 Å². The molecule has 2 aliphatic carbocycles. The maximum absolute atomic E-state index is 2.55. The number of fused-ring (bicyclic) bond motifs is 2. The normalized spacial score (nSPS) is 19.2. The Hall–Kier alpha value is -1.86. The van der Waals surface area contributed by atoms with Gasteiger partial charge in [-0.2, -0.15) is 0 Å². The molecule has 0 saturated heterocycles. The van der Waals surface area contributed by atoms with Crippen molar-refractivity contribution in [2.24, 2.45) is 0 Å². The molecular weight excluding hydrogens is 292 g/mol. The van der Waals surface area contributed by atoms with Crippen LogP contribution < -0.4 is 5.19 Å². The highest BCUT2D eigenvalue weighted by atomic mass is 28.3. The molecule has 1 atom stereocenters. The summed E-state index contributed by atoms with van der Waals surface area (Å²) in [6, 6.07) is 15.9. The molecule has 0 nitrogen and oxygen atoms in total. The topological polar surface area (TPSA) is 0 Å². The molecule has 0 heterocycles. The summed E-state index contributed by atoms with van der Waals surface area (Å²) in [5, 5.41) is 1.65. The highest BCUT2D eigenvalue weighted by molar-refractivity contribution is 6.91. The van der Waals surface area contributed by atoms with Gasteiger partial charge < -0.3 is 0 Å². The minimum Gasteiger partial charge on any atom is -0.0758 e. The molecule has 2 aromatic rings. The Morgan fingerprint density at radius 2 is 1.74 bits per heavy atom. The second-order valence-corrected chi connectivity index (χ2v) is 12.3. The summed E-state index contributed by atoms with van der Waals surface area (Å²) in [5.74, 6) is 0. The molecule has 0 amide bonds. The Morgan fingerprint density at radius 1 is 0.957 bits per heavy atom. The third-order valence-corrected chi connectivity index (χ3v) is 9.57. The van der Waals surface area contributed by atoms with E-state index < -0.39 is 8.07 Å². The maximum Gasteiger partial charge on any atom is 0.0923 e. The zero-order chi connectivity index (χ0) is 16.2. The molecule has 23 heavy (non-hydrogen) atoms. The van der Waals surface area contributed by atoms with Gasteiger partial charge in [0.1, 0.15) is 0 Å². The third-order valence-electron chi connectivity index (χ3n) is 5.68. The summed E-state index contributed by atoms with van der Waals surface area (Å²) < 4.78 is 0. The van der Waals surface area contributed by atoms with Gasteiger partial charge in [-0.25, -0.2) is 0 Å². The number of hydrogen-bond donors (Lipinski definition) is 0. The van der Waals surface area contributed by atoms with E-state index in [-0.39, 0.29) is 0 Å². The van der Waals surface area contributed by atoms with E-state index in [1.165, 1.54) is 22.3 Å². The molecule has 0 saturated carbocycles. The smallest absolute Gasteiger partial charge is 0.0758 e. The van der Waals surface area contributed by atoms with Gasteiger partial charge in [0.25, 0.3) is 0 Å². The van der Waals surface area contributed by atoms with Gasteiger partial charge in [0, 0.05) is 5.54 Å². The SMILES string of the molecule is CC1=Cc2cccc([Si](C)(C)C3C=C(C)c4ccccc43)c2C1. The maximum atomic E-state index is 2.55. The second-order valence-electron chi connectivity index (χ2n) is 7.68. The number of rotatable bonds is 2. The first-order chi connectivity index (χ1) is 11.0. The quantitative estimate of drug-likeness (QED) is 0.659. The van der Waals surface area contributed by atoms with Crippen molar-refractivity contribution in [3.63, 3.8) is 0 Å². The monoisotopic (exact) mass is 316 g/mol. The zero-order valence-electron chi connectivity index (χ0n) is 14.5. The predicted molar refractivity (Wildman–Crippen MR) is 104 cm³/mol. The van der Waals surface area contributed by atoms with Crippen LogP contribution in [0.15, 0.2) is 54.1 Å². The highest BCUT2D eigenvalue weighted by Gasteiger charge is 2.39. The van der Waals surface area contributed by atoms with E-state index in [0.29, 0.717) is 5.54 Å². The standard InChI is InChI=1S/C22H24Si/c1-15-12-17-8-7-11-21(20(17)13-15)23(3,4)22-14-16(2)18-9-5-6-10-19(18)22/h5-12,14,22H,13H2,1-4H3. The van der Waals surface area contributed by atoms with E-state index in [0.717, 1.165) is 6.42 Å². The van der Waals surface area contributed by atoms with Crippen LogP contribution in [-0.2, 0) is 6.42 Å². The van der Waals surface area contributed by atoms with Gasteiger partial charge in [-0.1, -0.05) is 78.5 Å². The summed E-state index contributed by atoms with van der Waals surface area (Å²) in [6.45, 7) is 9.62. The summed E-state index contributed by atoms with van der Waals surface area (Å²) in [7, 11) is -1.64. The zero-order valence-corrected chi connectivity index (χ0v) is 15.5. The average Bonchev–Trinajstić information content (AvgIpc) is 3.07. The molecule has 4 rings (SSSR count). The lowest BCUT2D eigenvalue weighted by Crippen LogP contribution is -2.48. The van der Waals surface area contributed by atoms with E-state index in [4.69, 9.17) is 0 Å². The van der Waals surface area contributed by atoms with Crippen LogP contribution in [0.5, 0.6) is 0 Å². The van der Waals surface area contributed by atoms with Crippen molar-refractivity contribution in [1.82, 2.24) is 0 Å². The number of hydrogen-bond acceptors (Lipinski definition) is 0. The minimum absolute atomic E-state index is 0.589. The van der Waals surface area contributed by atoms with Crippen LogP contribution in [0.25, 0.3) is 11.6 Å². The molecule has 0 fully saturated rings. The molecule has 0 radical (unpaired) electrons. The van der Waals surface area contributed by atoms with Gasteiger partial charge in [0.05, 0.1) is 8.07 Å². The molecule has 1 unspecified atom stereocenters. The van der Waals surface area contributed by atoms with E-state index in [1.807, 2.05) is 0 Å². The number of allylic oxidation sites excluding steroid dienone is 3. The van der Waals surface area contributed by atoms with Crippen LogP contribution in [0, 0.1) is 0 Å². The van der Waals surface area contributed by atoms with E-state index in [1.54, 1.807) is 16.3 Å². The van der Waals surface area contributed by atoms with E-state index >= 15 is 0 Å². The first-order valence-electron chi connectivity index (χ1n) is 8.56. The lowest BCUT2D eigenvalue weighted by atomic mass is 10.1. The lowest BCUT2D eigenvalue weighted by molar-refractivity contribution is 1.16. The Balaban J connectivity index is 1.84. The predicted octanol–water partition coefficient (Wildman–Crippen LogP) is 5.30. The summed E-state index contributed by atoms with van der Waals surface area (Å²) in [5.41, 5.74) is 9.58. The van der Waals surface area contributed by atoms with Crippen LogP contribution in [0.2, 0.25) is 13.1 Å². The van der Waals surface area contributed by atoms with Crippen molar-refractivity contribution < 1.29 is 0 Å². The van der Waals surface area contributed by atoms with Gasteiger partial charge >= 0.3 is 0 Å². The second kappa shape index (κ2) is 5.07. The Labute approximate surface area is 140 Å².